The molecule has 11 nitrogen and oxygen atoms in total. The van der Waals surface area contributed by atoms with Crippen LogP contribution in [0.4, 0.5) is 0 Å². The van der Waals surface area contributed by atoms with E-state index in [1.165, 1.54) is 4.90 Å². The smallest absolute Gasteiger partial charge is 0.326 e. The molecule has 0 aliphatic carbocycles. The number of benzene rings is 2. The quantitative estimate of drug-likeness (QED) is 0.247. The summed E-state index contributed by atoms with van der Waals surface area (Å²) in [6, 6.07) is 15.6. The molecule has 6 rings (SSSR count). The molecule has 2 atom stereocenters. The predicted molar refractivity (Wildman–Crippen MR) is 148 cm³/mol. The standard InChI is InChI=1S/C30H31N7O4/c1-3-5-10-25-31-22-17-37-24(27(38)26(29(37)39)30(40)41-4-2)15-23(22)36(25)16-18-11-13-19(14-12-18)20-8-6-7-9-21(20)28-32-34-35-33-28/h6-9,11-14,24,26H,3-5,10,15-17H2,1-2H3,(H,32,33,34,35). The van der Waals surface area contributed by atoms with Crippen molar-refractivity contribution in [3.63, 3.8) is 0 Å². The van der Waals surface area contributed by atoms with Gasteiger partial charge in [-0.2, -0.15) is 5.21 Å². The number of H-pyrrole nitrogens is 1. The van der Waals surface area contributed by atoms with Crippen molar-refractivity contribution in [3.8, 4) is 22.5 Å². The van der Waals surface area contributed by atoms with Crippen LogP contribution in [0.3, 0.4) is 0 Å². The number of rotatable bonds is 9. The third kappa shape index (κ3) is 4.81. The molecule has 2 aromatic carbocycles. The number of nitrogens with one attached hydrogen (secondary N) is 1. The molecule has 4 heterocycles. The Morgan fingerprint density at radius 3 is 2.56 bits per heavy atom. The molecular weight excluding hydrogens is 522 g/mol. The van der Waals surface area contributed by atoms with Crippen molar-refractivity contribution in [1.82, 2.24) is 35.1 Å². The number of imidazole rings is 1. The highest BCUT2D eigenvalue weighted by atomic mass is 16.5. The Labute approximate surface area is 236 Å². The summed E-state index contributed by atoms with van der Waals surface area (Å²) in [6.45, 7) is 4.73. The zero-order valence-electron chi connectivity index (χ0n) is 23.0. The zero-order valence-corrected chi connectivity index (χ0v) is 23.0. The first-order valence-electron chi connectivity index (χ1n) is 14.0. The highest BCUT2D eigenvalue weighted by Gasteiger charge is 2.54. The number of hydrogen-bond acceptors (Lipinski definition) is 8. The Kier molecular flexibility index (Phi) is 7.17. The molecule has 2 aliphatic rings. The number of carbonyl (C=O) groups is 3. The van der Waals surface area contributed by atoms with Crippen LogP contribution in [0.2, 0.25) is 0 Å². The van der Waals surface area contributed by atoms with Gasteiger partial charge in [-0.05, 0) is 35.2 Å². The van der Waals surface area contributed by atoms with Crippen LogP contribution in [0.5, 0.6) is 0 Å². The number of hydrogen-bond donors (Lipinski definition) is 1. The number of aryl methyl sites for hydroxylation is 1. The largest absolute Gasteiger partial charge is 0.465 e. The van der Waals surface area contributed by atoms with Gasteiger partial charge in [-0.1, -0.05) is 61.9 Å². The summed E-state index contributed by atoms with van der Waals surface area (Å²) >= 11 is 0. The molecule has 1 amide bonds. The molecule has 11 heteroatoms. The number of aromatic nitrogens is 6. The fourth-order valence-electron chi connectivity index (χ4n) is 5.81. The van der Waals surface area contributed by atoms with Crippen LogP contribution in [0.1, 0.15) is 49.5 Å². The monoisotopic (exact) mass is 553 g/mol. The van der Waals surface area contributed by atoms with Gasteiger partial charge >= 0.3 is 5.97 Å². The van der Waals surface area contributed by atoms with E-state index < -0.39 is 23.8 Å². The summed E-state index contributed by atoms with van der Waals surface area (Å²) in [4.78, 5) is 45.1. The number of ether oxygens (including phenoxy) is 1. The van der Waals surface area contributed by atoms with Crippen LogP contribution < -0.4 is 0 Å². The minimum absolute atomic E-state index is 0.121. The Balaban J connectivity index is 1.29. The van der Waals surface area contributed by atoms with Crippen LogP contribution in [-0.4, -0.2) is 65.4 Å². The summed E-state index contributed by atoms with van der Waals surface area (Å²) in [5, 5.41) is 14.5. The van der Waals surface area contributed by atoms with Gasteiger partial charge in [-0.3, -0.25) is 14.4 Å². The van der Waals surface area contributed by atoms with Crippen LogP contribution in [0.25, 0.3) is 22.5 Å². The number of fused-ring (bicyclic) bond motifs is 2. The van der Waals surface area contributed by atoms with Gasteiger partial charge in [0.2, 0.25) is 11.7 Å². The van der Waals surface area contributed by atoms with Gasteiger partial charge in [0.05, 0.1) is 24.9 Å². The van der Waals surface area contributed by atoms with Crippen molar-refractivity contribution in [2.24, 2.45) is 5.92 Å². The maximum Gasteiger partial charge on any atom is 0.326 e. The average molecular weight is 554 g/mol. The lowest BCUT2D eigenvalue weighted by Gasteiger charge is -2.28. The summed E-state index contributed by atoms with van der Waals surface area (Å²) in [6.07, 6.45) is 3.15. The molecule has 2 aromatic heterocycles. The average Bonchev–Trinajstić information content (AvgIpc) is 3.69. The van der Waals surface area contributed by atoms with Crippen molar-refractivity contribution in [1.29, 1.82) is 0 Å². The van der Waals surface area contributed by atoms with Gasteiger partial charge < -0.3 is 14.2 Å². The van der Waals surface area contributed by atoms with Gasteiger partial charge in [0, 0.05) is 30.6 Å². The maximum absolute atomic E-state index is 13.2. The fourth-order valence-corrected chi connectivity index (χ4v) is 5.81. The van der Waals surface area contributed by atoms with E-state index in [0.29, 0.717) is 18.8 Å². The van der Waals surface area contributed by atoms with Gasteiger partial charge in [-0.25, -0.2) is 4.98 Å². The molecule has 1 N–H and O–H groups in total. The molecule has 4 aromatic rings. The Bertz CT molecular complexity index is 1590. The Hall–Kier alpha value is -4.67. The molecule has 1 fully saturated rings. The summed E-state index contributed by atoms with van der Waals surface area (Å²) in [7, 11) is 0. The van der Waals surface area contributed by atoms with Crippen LogP contribution in [0.15, 0.2) is 48.5 Å². The molecule has 2 aliphatic heterocycles. The highest BCUT2D eigenvalue weighted by molar-refractivity contribution is 6.22. The molecule has 210 valence electrons. The van der Waals surface area contributed by atoms with Crippen LogP contribution >= 0.6 is 0 Å². The van der Waals surface area contributed by atoms with E-state index in [0.717, 1.165) is 58.7 Å². The van der Waals surface area contributed by atoms with Crippen molar-refractivity contribution >= 4 is 17.7 Å². The molecule has 0 spiro atoms. The van der Waals surface area contributed by atoms with Crippen molar-refractivity contribution < 1.29 is 19.1 Å². The molecule has 0 bridgehead atoms. The molecule has 41 heavy (non-hydrogen) atoms. The first-order chi connectivity index (χ1) is 20.0. The lowest BCUT2D eigenvalue weighted by atomic mass is 9.97. The van der Waals surface area contributed by atoms with Gasteiger partial charge in [-0.15, -0.1) is 10.2 Å². The molecule has 2 unspecified atom stereocenters. The van der Waals surface area contributed by atoms with E-state index in [9.17, 15) is 14.4 Å². The number of ketones is 1. The molecular formula is C30H31N7O4. The summed E-state index contributed by atoms with van der Waals surface area (Å²) < 4.78 is 7.22. The molecule has 0 radical (unpaired) electrons. The Morgan fingerprint density at radius 1 is 1.07 bits per heavy atom. The minimum Gasteiger partial charge on any atom is -0.465 e. The number of Topliss-reactive ketones (excluding diaryl/α,β-unsaturated/α-hetero) is 1. The fraction of sp³-hybridized carbons (Fsp3) is 0.367. The van der Waals surface area contributed by atoms with E-state index in [1.54, 1.807) is 6.92 Å². The second-order valence-corrected chi connectivity index (χ2v) is 10.4. The third-order valence-electron chi connectivity index (χ3n) is 7.86. The number of amides is 1. The number of esters is 1. The van der Waals surface area contributed by atoms with Crippen molar-refractivity contribution in [2.75, 3.05) is 6.61 Å². The summed E-state index contributed by atoms with van der Waals surface area (Å²) in [5.41, 5.74) is 5.76. The van der Waals surface area contributed by atoms with Crippen molar-refractivity contribution in [2.45, 2.75) is 58.7 Å². The summed E-state index contributed by atoms with van der Waals surface area (Å²) in [5.74, 6) is -1.51. The Morgan fingerprint density at radius 2 is 1.85 bits per heavy atom. The number of unbranched alkanes of at least 4 members (excludes halogenated alkanes) is 1. The van der Waals surface area contributed by atoms with Gasteiger partial charge in [0.15, 0.2) is 11.7 Å². The SMILES string of the molecule is CCCCc1nc2c(n1Cc1ccc(-c3ccccc3-c3nn[nH]n3)cc1)CC1C(=O)C(C(=O)OCC)C(=O)N1C2. The number of carbonyl (C=O) groups excluding carboxylic acids is 3. The lowest BCUT2D eigenvalue weighted by molar-refractivity contribution is -0.154. The normalized spacial score (nSPS) is 18.0. The predicted octanol–water partition coefficient (Wildman–Crippen LogP) is 3.14. The second-order valence-electron chi connectivity index (χ2n) is 10.4. The molecule has 1 saturated heterocycles. The topological polar surface area (TPSA) is 136 Å². The van der Waals surface area contributed by atoms with Crippen LogP contribution in [0, 0.1) is 5.92 Å². The van der Waals surface area contributed by atoms with E-state index in [4.69, 9.17) is 9.72 Å². The first-order valence-corrected chi connectivity index (χ1v) is 14.0. The second kappa shape index (κ2) is 11.1. The molecule has 0 saturated carbocycles. The number of nitrogens with zero attached hydrogens (tertiary/aromatic N) is 6. The minimum atomic E-state index is -1.38. The van der Waals surface area contributed by atoms with Gasteiger partial charge in [0.25, 0.3) is 0 Å². The lowest BCUT2D eigenvalue weighted by Crippen LogP contribution is -2.41. The highest BCUT2D eigenvalue weighted by Crippen LogP contribution is 2.34. The van der Waals surface area contributed by atoms with E-state index in [2.05, 4.69) is 56.4 Å². The zero-order chi connectivity index (χ0) is 28.5. The number of tetrazole rings is 1. The van der Waals surface area contributed by atoms with E-state index >= 15 is 0 Å². The van der Waals surface area contributed by atoms with E-state index in [1.807, 2.05) is 24.3 Å². The van der Waals surface area contributed by atoms with Crippen LogP contribution in [-0.2, 0) is 45.1 Å². The van der Waals surface area contributed by atoms with Gasteiger partial charge in [0.1, 0.15) is 5.82 Å². The van der Waals surface area contributed by atoms with Crippen molar-refractivity contribution in [3.05, 3.63) is 71.3 Å². The van der Waals surface area contributed by atoms with E-state index in [-0.39, 0.29) is 18.9 Å². The maximum atomic E-state index is 13.2. The third-order valence-corrected chi connectivity index (χ3v) is 7.86. The number of aromatic amines is 1. The first kappa shape index (κ1) is 26.5.